The molecule has 0 bridgehead atoms. The number of nitrogens with zero attached hydrogens (tertiary/aromatic N) is 3. The Morgan fingerprint density at radius 3 is 1.56 bits per heavy atom. The van der Waals surface area contributed by atoms with Gasteiger partial charge in [0, 0.05) is 22.4 Å². The Hall–Kier alpha value is -6.59. The van der Waals surface area contributed by atoms with Crippen LogP contribution in [0.2, 0.25) is 0 Å². The van der Waals surface area contributed by atoms with Crippen molar-refractivity contribution in [3.05, 3.63) is 209 Å². The number of benzene rings is 7. The van der Waals surface area contributed by atoms with Gasteiger partial charge in [-0.05, 0) is 44.3 Å². The van der Waals surface area contributed by atoms with Crippen LogP contribution in [-0.4, -0.2) is 17.4 Å². The number of hydrogen-bond donors (Lipinski definition) is 2. The van der Waals surface area contributed by atoms with E-state index in [1.807, 2.05) is 115 Å². The van der Waals surface area contributed by atoms with Gasteiger partial charge in [-0.25, -0.2) is 4.99 Å². The van der Waals surface area contributed by atoms with Crippen molar-refractivity contribution < 1.29 is 0 Å². The van der Waals surface area contributed by atoms with E-state index in [4.69, 9.17) is 26.4 Å². The van der Waals surface area contributed by atoms with Gasteiger partial charge in [0.2, 0.25) is 0 Å². The fourth-order valence-corrected chi connectivity index (χ4v) is 6.21. The van der Waals surface area contributed by atoms with Crippen LogP contribution in [0.3, 0.4) is 0 Å². The third-order valence-corrected chi connectivity index (χ3v) is 8.69. The lowest BCUT2D eigenvalue weighted by Gasteiger charge is -2.18. The highest BCUT2D eigenvalue weighted by Gasteiger charge is 2.19. The van der Waals surface area contributed by atoms with Crippen molar-refractivity contribution in [3.63, 3.8) is 0 Å². The van der Waals surface area contributed by atoms with Crippen LogP contribution in [0.25, 0.3) is 27.2 Å². The zero-order valence-electron chi connectivity index (χ0n) is 27.7. The number of nitrogens with two attached hydrogens (primary N) is 2. The summed E-state index contributed by atoms with van der Waals surface area (Å²) in [5.74, 6) is 0.956. The van der Waals surface area contributed by atoms with Crippen molar-refractivity contribution in [2.45, 2.75) is 13.1 Å². The van der Waals surface area contributed by atoms with Crippen LogP contribution in [0.15, 0.2) is 191 Å². The SMILES string of the molecule is NC(=NC(=NCc1c(C(/C=C(\N)c2ccccc2)=NCc2ccccc2)c2ccccc2c2ccccc12)c1ccccc1)c1ccccc1. The maximum Gasteiger partial charge on any atom is 0.157 e. The lowest BCUT2D eigenvalue weighted by molar-refractivity contribution is 1.05. The summed E-state index contributed by atoms with van der Waals surface area (Å²) in [5.41, 5.74) is 20.6. The lowest BCUT2D eigenvalue weighted by Crippen LogP contribution is -2.16. The van der Waals surface area contributed by atoms with Gasteiger partial charge in [0.15, 0.2) is 5.84 Å². The minimum Gasteiger partial charge on any atom is -0.398 e. The third-order valence-electron chi connectivity index (χ3n) is 8.69. The lowest BCUT2D eigenvalue weighted by atomic mass is 9.88. The normalized spacial score (nSPS) is 12.8. The smallest absolute Gasteiger partial charge is 0.157 e. The predicted molar refractivity (Wildman–Crippen MR) is 211 cm³/mol. The molecule has 0 saturated carbocycles. The van der Waals surface area contributed by atoms with Gasteiger partial charge in [-0.3, -0.25) is 9.98 Å². The molecule has 7 aromatic rings. The summed E-state index contributed by atoms with van der Waals surface area (Å²) in [5, 5.41) is 4.46. The molecule has 0 unspecified atom stereocenters. The molecule has 5 heteroatoms. The Kier molecular flexibility index (Phi) is 9.66. The Balaban J connectivity index is 1.47. The van der Waals surface area contributed by atoms with Gasteiger partial charge in [-0.15, -0.1) is 0 Å². The first-order chi connectivity index (χ1) is 24.7. The fraction of sp³-hybridized carbons (Fsp3) is 0.0444. The predicted octanol–water partition coefficient (Wildman–Crippen LogP) is 9.33. The van der Waals surface area contributed by atoms with E-state index < -0.39 is 0 Å². The summed E-state index contributed by atoms with van der Waals surface area (Å²) < 4.78 is 0. The molecular formula is C45H37N5. The molecule has 0 atom stereocenters. The second-order valence-corrected chi connectivity index (χ2v) is 12.0. The molecule has 0 aliphatic heterocycles. The molecule has 0 amide bonds. The molecule has 0 aliphatic carbocycles. The molecule has 0 aliphatic rings. The molecule has 242 valence electrons. The first-order valence-electron chi connectivity index (χ1n) is 16.7. The number of allylic oxidation sites excluding steroid dienone is 1. The van der Waals surface area contributed by atoms with Gasteiger partial charge in [-0.1, -0.05) is 170 Å². The van der Waals surface area contributed by atoms with Crippen molar-refractivity contribution in [3.8, 4) is 0 Å². The van der Waals surface area contributed by atoms with Gasteiger partial charge in [0.25, 0.3) is 0 Å². The van der Waals surface area contributed by atoms with Crippen LogP contribution in [0.4, 0.5) is 0 Å². The molecule has 4 N–H and O–H groups in total. The highest BCUT2D eigenvalue weighted by atomic mass is 15.0. The van der Waals surface area contributed by atoms with Gasteiger partial charge in [-0.2, -0.15) is 0 Å². The van der Waals surface area contributed by atoms with E-state index in [-0.39, 0.29) is 0 Å². The zero-order valence-corrected chi connectivity index (χ0v) is 27.7. The van der Waals surface area contributed by atoms with Gasteiger partial charge in [0.05, 0.1) is 18.8 Å². The third kappa shape index (κ3) is 7.13. The van der Waals surface area contributed by atoms with Crippen molar-refractivity contribution in [2.24, 2.45) is 26.4 Å². The van der Waals surface area contributed by atoms with Crippen LogP contribution in [0, 0.1) is 0 Å². The standard InChI is InChI=1S/C45H37N5/c46-41(33-19-7-2-8-20-33)29-42(48-30-32-17-5-1-6-18-32)43-39-28-16-15-26-37(39)36-25-13-14-27-38(36)40(43)31-49-45(35-23-11-4-12-24-35)50-44(47)34-21-9-3-10-22-34/h1-29H,30-31,46H2,(H2,47,49,50)/b41-29-,48-42?. The van der Waals surface area contributed by atoms with E-state index in [1.165, 1.54) is 0 Å². The Bertz CT molecular complexity index is 2360. The van der Waals surface area contributed by atoms with Crippen LogP contribution >= 0.6 is 0 Å². The second-order valence-electron chi connectivity index (χ2n) is 12.0. The Morgan fingerprint density at radius 1 is 0.460 bits per heavy atom. The first kappa shape index (κ1) is 32.0. The van der Waals surface area contributed by atoms with E-state index in [9.17, 15) is 0 Å². The van der Waals surface area contributed by atoms with Crippen molar-refractivity contribution in [1.29, 1.82) is 0 Å². The van der Waals surface area contributed by atoms with Crippen molar-refractivity contribution in [1.82, 2.24) is 0 Å². The van der Waals surface area contributed by atoms with Crippen LogP contribution in [-0.2, 0) is 13.1 Å². The monoisotopic (exact) mass is 647 g/mol. The molecule has 5 nitrogen and oxygen atoms in total. The maximum absolute atomic E-state index is 6.84. The first-order valence-corrected chi connectivity index (χ1v) is 16.7. The summed E-state index contributed by atoms with van der Waals surface area (Å²) in [6.07, 6.45) is 2.01. The summed E-state index contributed by atoms with van der Waals surface area (Å²) in [7, 11) is 0. The van der Waals surface area contributed by atoms with Crippen LogP contribution < -0.4 is 11.5 Å². The maximum atomic E-state index is 6.84. The molecule has 50 heavy (non-hydrogen) atoms. The minimum atomic E-state index is 0.333. The van der Waals surface area contributed by atoms with E-state index in [0.717, 1.165) is 60.6 Å². The van der Waals surface area contributed by atoms with Gasteiger partial charge >= 0.3 is 0 Å². The highest BCUT2D eigenvalue weighted by molar-refractivity contribution is 6.25. The number of fused-ring (bicyclic) bond motifs is 3. The molecule has 7 aromatic carbocycles. The average Bonchev–Trinajstić information content (AvgIpc) is 3.19. The van der Waals surface area contributed by atoms with Crippen LogP contribution in [0.5, 0.6) is 0 Å². The molecule has 0 radical (unpaired) electrons. The zero-order chi connectivity index (χ0) is 34.1. The van der Waals surface area contributed by atoms with E-state index in [0.29, 0.717) is 30.5 Å². The molecule has 7 rings (SSSR count). The van der Waals surface area contributed by atoms with Gasteiger partial charge in [0.1, 0.15) is 5.84 Å². The minimum absolute atomic E-state index is 0.333. The topological polar surface area (TPSA) is 89.1 Å². The van der Waals surface area contributed by atoms with Crippen LogP contribution in [0.1, 0.15) is 33.4 Å². The van der Waals surface area contributed by atoms with E-state index >= 15 is 0 Å². The Morgan fingerprint density at radius 2 is 0.940 bits per heavy atom. The quantitative estimate of drug-likeness (QED) is 0.0929. The number of aliphatic imine (C=N–C) groups is 3. The number of rotatable bonds is 9. The molecule has 0 saturated heterocycles. The molecule has 0 heterocycles. The van der Waals surface area contributed by atoms with Crippen molar-refractivity contribution in [2.75, 3.05) is 0 Å². The largest absolute Gasteiger partial charge is 0.398 e. The number of hydrogen-bond acceptors (Lipinski definition) is 3. The van der Waals surface area contributed by atoms with E-state index in [1.54, 1.807) is 0 Å². The number of amidine groups is 2. The van der Waals surface area contributed by atoms with Crippen molar-refractivity contribution >= 4 is 44.6 Å². The van der Waals surface area contributed by atoms with E-state index in [2.05, 4.69) is 60.7 Å². The summed E-state index contributed by atoms with van der Waals surface area (Å²) in [6, 6.07) is 57.1. The molecule has 0 fully saturated rings. The summed E-state index contributed by atoms with van der Waals surface area (Å²) in [4.78, 5) is 15.4. The molecular weight excluding hydrogens is 611 g/mol. The Labute approximate surface area is 292 Å². The second kappa shape index (κ2) is 15.1. The summed E-state index contributed by atoms with van der Waals surface area (Å²) in [6.45, 7) is 0.825. The van der Waals surface area contributed by atoms with Gasteiger partial charge < -0.3 is 11.5 Å². The molecule has 0 spiro atoms. The average molecular weight is 648 g/mol. The highest BCUT2D eigenvalue weighted by Crippen LogP contribution is 2.35. The summed E-state index contributed by atoms with van der Waals surface area (Å²) >= 11 is 0. The molecule has 0 aromatic heterocycles. The fourth-order valence-electron chi connectivity index (χ4n) is 6.21.